The van der Waals surface area contributed by atoms with Gasteiger partial charge in [-0.25, -0.2) is 17.9 Å². The molecule has 0 spiro atoms. The van der Waals surface area contributed by atoms with Gasteiger partial charge in [0.1, 0.15) is 11.6 Å². The summed E-state index contributed by atoms with van der Waals surface area (Å²) in [4.78, 5) is 0. The molecule has 0 aliphatic rings. The van der Waals surface area contributed by atoms with Crippen LogP contribution in [-0.2, 0) is 10.0 Å². The Bertz CT molecular complexity index is 522. The monoisotopic (exact) mass is 309 g/mol. The summed E-state index contributed by atoms with van der Waals surface area (Å²) in [5.41, 5.74) is 0. The smallest absolute Gasteiger partial charge is 0.209 e. The number of nitrogens with two attached hydrogens (primary N) is 1. The van der Waals surface area contributed by atoms with Crippen LogP contribution in [-0.4, -0.2) is 20.8 Å². The van der Waals surface area contributed by atoms with Crippen LogP contribution < -0.4 is 9.88 Å². The molecule has 0 aliphatic carbocycles. The fourth-order valence-corrected chi connectivity index (χ4v) is 2.77. The summed E-state index contributed by atoms with van der Waals surface area (Å²) in [6, 6.07) is 4.09. The van der Waals surface area contributed by atoms with Crippen molar-refractivity contribution in [3.63, 3.8) is 0 Å². The molecule has 19 heavy (non-hydrogen) atoms. The van der Waals surface area contributed by atoms with Crippen molar-refractivity contribution in [2.24, 2.45) is 11.1 Å². The molecule has 0 radical (unpaired) electrons. The highest BCUT2D eigenvalue weighted by molar-refractivity contribution is 7.89. The lowest BCUT2D eigenvalue weighted by atomic mass is 10.1. The average molecular weight is 310 g/mol. The molecule has 1 rings (SSSR count). The molecule has 1 aromatic carbocycles. The van der Waals surface area contributed by atoms with Gasteiger partial charge in [0.2, 0.25) is 10.0 Å². The Balaban J connectivity index is 2.62. The lowest BCUT2D eigenvalue weighted by Gasteiger charge is -2.16. The molecule has 0 heterocycles. The number of hydrogen-bond donors (Lipinski definition) is 1. The highest BCUT2D eigenvalue weighted by atomic mass is 35.5. The Morgan fingerprint density at radius 2 is 2.16 bits per heavy atom. The number of halogens is 2. The Morgan fingerprint density at radius 1 is 1.47 bits per heavy atom. The van der Waals surface area contributed by atoms with E-state index >= 15 is 0 Å². The fourth-order valence-electron chi connectivity index (χ4n) is 1.73. The Labute approximate surface area is 117 Å². The minimum Gasteiger partial charge on any atom is -0.493 e. The molecule has 1 unspecified atom stereocenters. The van der Waals surface area contributed by atoms with E-state index in [1.54, 1.807) is 0 Å². The standard InChI is InChI=1S/C12H17ClFNO3S/c1-2-3-9(8-19(15,16)17)7-18-10-4-5-11(13)12(14)6-10/h4-6,9H,2-3,7-8H2,1H3,(H2,15,16,17). The van der Waals surface area contributed by atoms with E-state index in [1.807, 2.05) is 6.92 Å². The molecular weight excluding hydrogens is 293 g/mol. The predicted molar refractivity (Wildman–Crippen MR) is 73.3 cm³/mol. The molecule has 1 aromatic rings. The van der Waals surface area contributed by atoms with Gasteiger partial charge in [-0.05, 0) is 18.6 Å². The number of rotatable bonds is 7. The summed E-state index contributed by atoms with van der Waals surface area (Å²) in [6.07, 6.45) is 1.49. The fraction of sp³-hybridized carbons (Fsp3) is 0.500. The van der Waals surface area contributed by atoms with Gasteiger partial charge < -0.3 is 4.74 Å². The molecule has 2 N–H and O–H groups in total. The van der Waals surface area contributed by atoms with Crippen LogP contribution in [0.4, 0.5) is 4.39 Å². The van der Waals surface area contributed by atoms with Gasteiger partial charge in [-0.15, -0.1) is 0 Å². The molecule has 0 aliphatic heterocycles. The second-order valence-corrected chi connectivity index (χ2v) is 6.44. The van der Waals surface area contributed by atoms with Crippen LogP contribution >= 0.6 is 11.6 Å². The average Bonchev–Trinajstić information content (AvgIpc) is 2.29. The third-order valence-electron chi connectivity index (χ3n) is 2.54. The summed E-state index contributed by atoms with van der Waals surface area (Å²) < 4.78 is 40.7. The molecule has 0 aromatic heterocycles. The maximum Gasteiger partial charge on any atom is 0.209 e. The van der Waals surface area contributed by atoms with Crippen LogP contribution in [0.1, 0.15) is 19.8 Å². The molecule has 0 fully saturated rings. The van der Waals surface area contributed by atoms with E-state index in [-0.39, 0.29) is 23.3 Å². The van der Waals surface area contributed by atoms with Crippen molar-refractivity contribution < 1.29 is 17.5 Å². The highest BCUT2D eigenvalue weighted by Crippen LogP contribution is 2.21. The number of sulfonamides is 1. The van der Waals surface area contributed by atoms with Gasteiger partial charge >= 0.3 is 0 Å². The Hall–Kier alpha value is -0.850. The maximum absolute atomic E-state index is 13.2. The molecule has 0 bridgehead atoms. The molecule has 7 heteroatoms. The van der Waals surface area contributed by atoms with Gasteiger partial charge in [0.15, 0.2) is 0 Å². The van der Waals surface area contributed by atoms with Gasteiger partial charge in [0, 0.05) is 12.0 Å². The van der Waals surface area contributed by atoms with Crippen molar-refractivity contribution in [2.75, 3.05) is 12.4 Å². The van der Waals surface area contributed by atoms with E-state index in [2.05, 4.69) is 0 Å². The number of hydrogen-bond acceptors (Lipinski definition) is 3. The minimum atomic E-state index is -3.54. The lowest BCUT2D eigenvalue weighted by Crippen LogP contribution is -2.27. The summed E-state index contributed by atoms with van der Waals surface area (Å²) in [6.45, 7) is 2.11. The summed E-state index contributed by atoms with van der Waals surface area (Å²) in [5, 5.41) is 5.03. The first-order valence-electron chi connectivity index (χ1n) is 5.90. The second kappa shape index (κ2) is 7.07. The van der Waals surface area contributed by atoms with Gasteiger partial charge in [-0.2, -0.15) is 0 Å². The van der Waals surface area contributed by atoms with Crippen LogP contribution in [0.15, 0.2) is 18.2 Å². The summed E-state index contributed by atoms with van der Waals surface area (Å²) in [7, 11) is -3.54. The predicted octanol–water partition coefficient (Wildman–Crippen LogP) is 2.56. The number of benzene rings is 1. The molecule has 0 saturated heterocycles. The Kier molecular flexibility index (Phi) is 6.03. The zero-order valence-corrected chi connectivity index (χ0v) is 12.2. The van der Waals surface area contributed by atoms with Crippen LogP contribution in [0.3, 0.4) is 0 Å². The van der Waals surface area contributed by atoms with E-state index in [0.29, 0.717) is 12.2 Å². The topological polar surface area (TPSA) is 69.4 Å². The number of ether oxygens (including phenoxy) is 1. The first kappa shape index (κ1) is 16.2. The minimum absolute atomic E-state index is 0.0157. The molecule has 1 atom stereocenters. The quantitative estimate of drug-likeness (QED) is 0.841. The second-order valence-electron chi connectivity index (χ2n) is 4.37. The third kappa shape index (κ3) is 6.22. The van der Waals surface area contributed by atoms with Gasteiger partial charge in [-0.3, -0.25) is 0 Å². The van der Waals surface area contributed by atoms with E-state index in [9.17, 15) is 12.8 Å². The van der Waals surface area contributed by atoms with Crippen LogP contribution in [0.25, 0.3) is 0 Å². The third-order valence-corrected chi connectivity index (χ3v) is 3.78. The van der Waals surface area contributed by atoms with E-state index in [0.717, 1.165) is 6.42 Å². The van der Waals surface area contributed by atoms with E-state index in [4.69, 9.17) is 21.5 Å². The van der Waals surface area contributed by atoms with E-state index < -0.39 is 15.8 Å². The summed E-state index contributed by atoms with van der Waals surface area (Å²) in [5.74, 6) is -0.606. The zero-order valence-electron chi connectivity index (χ0n) is 10.6. The first-order valence-corrected chi connectivity index (χ1v) is 7.99. The normalized spacial score (nSPS) is 13.3. The van der Waals surface area contributed by atoms with Gasteiger partial charge in [0.05, 0.1) is 17.4 Å². The van der Waals surface area contributed by atoms with Crippen LogP contribution in [0.2, 0.25) is 5.02 Å². The SMILES string of the molecule is CCCC(COc1ccc(Cl)c(F)c1)CS(N)(=O)=O. The van der Waals surface area contributed by atoms with Gasteiger partial charge in [0.25, 0.3) is 0 Å². The summed E-state index contributed by atoms with van der Waals surface area (Å²) >= 11 is 5.55. The van der Waals surface area contributed by atoms with Gasteiger partial charge in [-0.1, -0.05) is 24.9 Å². The number of primary sulfonamides is 1. The van der Waals surface area contributed by atoms with Crippen molar-refractivity contribution in [3.05, 3.63) is 29.0 Å². The van der Waals surface area contributed by atoms with E-state index in [1.165, 1.54) is 18.2 Å². The zero-order chi connectivity index (χ0) is 14.5. The van der Waals surface area contributed by atoms with Crippen LogP contribution in [0.5, 0.6) is 5.75 Å². The first-order chi connectivity index (χ1) is 8.81. The molecule has 0 amide bonds. The lowest BCUT2D eigenvalue weighted by molar-refractivity contribution is 0.251. The highest BCUT2D eigenvalue weighted by Gasteiger charge is 2.16. The molecule has 4 nitrogen and oxygen atoms in total. The van der Waals surface area contributed by atoms with Crippen molar-refractivity contribution in [1.82, 2.24) is 0 Å². The van der Waals surface area contributed by atoms with Crippen molar-refractivity contribution in [1.29, 1.82) is 0 Å². The molecule has 108 valence electrons. The largest absolute Gasteiger partial charge is 0.493 e. The van der Waals surface area contributed by atoms with Crippen LogP contribution in [0, 0.1) is 11.7 Å². The van der Waals surface area contributed by atoms with Crippen molar-refractivity contribution in [2.45, 2.75) is 19.8 Å². The Morgan fingerprint density at radius 3 is 2.68 bits per heavy atom. The molecular formula is C12H17ClFNO3S. The maximum atomic E-state index is 13.2. The van der Waals surface area contributed by atoms with Crippen molar-refractivity contribution >= 4 is 21.6 Å². The molecule has 0 saturated carbocycles. The van der Waals surface area contributed by atoms with Crippen molar-refractivity contribution in [3.8, 4) is 5.75 Å².